The summed E-state index contributed by atoms with van der Waals surface area (Å²) in [5.74, 6) is -0.529. The molecule has 23 heavy (non-hydrogen) atoms. The zero-order valence-corrected chi connectivity index (χ0v) is 13.3. The SMILES string of the molecule is CCn1cc(CN(C)C(=O)c2cc(C(F)(F)F)nn2C)c(C)n1. The van der Waals surface area contributed by atoms with Crippen molar-refractivity contribution in [2.24, 2.45) is 7.05 Å². The van der Waals surface area contributed by atoms with Gasteiger partial charge in [0.1, 0.15) is 5.69 Å². The maximum Gasteiger partial charge on any atom is 0.435 e. The first-order chi connectivity index (χ1) is 10.6. The van der Waals surface area contributed by atoms with E-state index < -0.39 is 17.8 Å². The standard InChI is InChI=1S/C14H18F3N5O/c1-5-22-8-10(9(2)18-22)7-20(3)13(23)11-6-12(14(15,16)17)19-21(11)4/h6,8H,5,7H2,1-4H3. The van der Waals surface area contributed by atoms with Gasteiger partial charge >= 0.3 is 6.18 Å². The zero-order valence-electron chi connectivity index (χ0n) is 13.3. The smallest absolute Gasteiger partial charge is 0.336 e. The Labute approximate surface area is 131 Å². The topological polar surface area (TPSA) is 56.0 Å². The molecule has 9 heteroatoms. The molecule has 126 valence electrons. The number of amides is 1. The summed E-state index contributed by atoms with van der Waals surface area (Å²) in [7, 11) is 2.85. The first kappa shape index (κ1) is 17.0. The summed E-state index contributed by atoms with van der Waals surface area (Å²) in [5, 5.41) is 7.64. The predicted molar refractivity (Wildman–Crippen MR) is 76.6 cm³/mol. The first-order valence-corrected chi connectivity index (χ1v) is 7.03. The van der Waals surface area contributed by atoms with Gasteiger partial charge in [0, 0.05) is 45.0 Å². The van der Waals surface area contributed by atoms with Crippen molar-refractivity contribution in [1.29, 1.82) is 0 Å². The van der Waals surface area contributed by atoms with Gasteiger partial charge in [-0.1, -0.05) is 0 Å². The Morgan fingerprint density at radius 2 is 2.00 bits per heavy atom. The molecule has 2 aromatic heterocycles. The molecule has 0 saturated heterocycles. The second-order valence-corrected chi connectivity index (χ2v) is 5.29. The van der Waals surface area contributed by atoms with Crippen LogP contribution in [0.25, 0.3) is 0 Å². The molecule has 2 aromatic rings. The summed E-state index contributed by atoms with van der Waals surface area (Å²) >= 11 is 0. The van der Waals surface area contributed by atoms with E-state index in [1.807, 2.05) is 20.0 Å². The van der Waals surface area contributed by atoms with Crippen LogP contribution in [0.15, 0.2) is 12.3 Å². The maximum atomic E-state index is 12.7. The first-order valence-electron chi connectivity index (χ1n) is 7.03. The Balaban J connectivity index is 2.19. The maximum absolute atomic E-state index is 12.7. The Morgan fingerprint density at radius 1 is 1.35 bits per heavy atom. The molecule has 0 aliphatic carbocycles. The predicted octanol–water partition coefficient (Wildman–Crippen LogP) is 2.24. The molecule has 6 nitrogen and oxygen atoms in total. The molecule has 2 rings (SSSR count). The number of halogens is 3. The van der Waals surface area contributed by atoms with E-state index in [4.69, 9.17) is 0 Å². The third-order valence-electron chi connectivity index (χ3n) is 3.52. The number of nitrogens with zero attached hydrogens (tertiary/aromatic N) is 5. The Kier molecular flexibility index (Phi) is 4.49. The molecule has 0 aliphatic heterocycles. The van der Waals surface area contributed by atoms with Crippen molar-refractivity contribution < 1.29 is 18.0 Å². The summed E-state index contributed by atoms with van der Waals surface area (Å²) < 4.78 is 40.7. The molecule has 0 bridgehead atoms. The second-order valence-electron chi connectivity index (χ2n) is 5.29. The molecule has 1 amide bonds. The van der Waals surface area contributed by atoms with Crippen LogP contribution >= 0.6 is 0 Å². The van der Waals surface area contributed by atoms with Crippen LogP contribution in [0.2, 0.25) is 0 Å². The van der Waals surface area contributed by atoms with E-state index in [1.165, 1.54) is 19.0 Å². The van der Waals surface area contributed by atoms with Gasteiger partial charge < -0.3 is 4.90 Å². The highest BCUT2D eigenvalue weighted by atomic mass is 19.4. The number of carbonyl (C=O) groups excluding carboxylic acids is 1. The van der Waals surface area contributed by atoms with Crippen LogP contribution in [0.3, 0.4) is 0 Å². The normalized spacial score (nSPS) is 11.8. The molecule has 0 atom stereocenters. The van der Waals surface area contributed by atoms with Crippen LogP contribution in [-0.2, 0) is 26.3 Å². The van der Waals surface area contributed by atoms with E-state index in [0.29, 0.717) is 6.54 Å². The largest absolute Gasteiger partial charge is 0.435 e. The third kappa shape index (κ3) is 3.54. The van der Waals surface area contributed by atoms with Crippen molar-refractivity contribution in [3.8, 4) is 0 Å². The van der Waals surface area contributed by atoms with E-state index in [-0.39, 0.29) is 12.2 Å². The van der Waals surface area contributed by atoms with Gasteiger partial charge in [-0.2, -0.15) is 23.4 Å². The summed E-state index contributed by atoms with van der Waals surface area (Å²) in [6.45, 7) is 4.73. The molecule has 0 fully saturated rings. The van der Waals surface area contributed by atoms with Gasteiger partial charge in [0.25, 0.3) is 5.91 Å². The monoisotopic (exact) mass is 329 g/mol. The highest BCUT2D eigenvalue weighted by Crippen LogP contribution is 2.28. The number of aromatic nitrogens is 4. The van der Waals surface area contributed by atoms with Crippen molar-refractivity contribution in [3.05, 3.63) is 34.9 Å². The van der Waals surface area contributed by atoms with Gasteiger partial charge in [-0.25, -0.2) is 0 Å². The van der Waals surface area contributed by atoms with Gasteiger partial charge in [-0.05, 0) is 13.8 Å². The van der Waals surface area contributed by atoms with E-state index in [9.17, 15) is 18.0 Å². The number of alkyl halides is 3. The van der Waals surface area contributed by atoms with E-state index in [0.717, 1.165) is 22.0 Å². The molecular weight excluding hydrogens is 311 g/mol. The summed E-state index contributed by atoms with van der Waals surface area (Å²) in [4.78, 5) is 13.7. The van der Waals surface area contributed by atoms with Crippen molar-refractivity contribution in [3.63, 3.8) is 0 Å². The Hall–Kier alpha value is -2.32. The lowest BCUT2D eigenvalue weighted by molar-refractivity contribution is -0.141. The molecule has 0 aliphatic rings. The number of hydrogen-bond acceptors (Lipinski definition) is 3. The van der Waals surface area contributed by atoms with E-state index in [2.05, 4.69) is 10.2 Å². The summed E-state index contributed by atoms with van der Waals surface area (Å²) in [6.07, 6.45) is -2.75. The molecule has 0 N–H and O–H groups in total. The van der Waals surface area contributed by atoms with Crippen LogP contribution < -0.4 is 0 Å². The van der Waals surface area contributed by atoms with Gasteiger partial charge in [0.15, 0.2) is 5.69 Å². The number of hydrogen-bond donors (Lipinski definition) is 0. The van der Waals surface area contributed by atoms with E-state index in [1.54, 1.807) is 4.68 Å². The van der Waals surface area contributed by atoms with Crippen LogP contribution in [-0.4, -0.2) is 37.4 Å². The zero-order chi connectivity index (χ0) is 17.4. The molecule has 0 spiro atoms. The van der Waals surface area contributed by atoms with Crippen LogP contribution in [0.4, 0.5) is 13.2 Å². The van der Waals surface area contributed by atoms with Gasteiger partial charge in [-0.15, -0.1) is 0 Å². The summed E-state index contributed by atoms with van der Waals surface area (Å²) in [5.41, 5.74) is 0.445. The number of carbonyl (C=O) groups is 1. The fourth-order valence-corrected chi connectivity index (χ4v) is 2.21. The highest BCUT2D eigenvalue weighted by molar-refractivity contribution is 5.92. The van der Waals surface area contributed by atoms with Gasteiger partial charge in [0.05, 0.1) is 5.69 Å². The van der Waals surface area contributed by atoms with Crippen LogP contribution in [0.1, 0.15) is 34.4 Å². The fraction of sp³-hybridized carbons (Fsp3) is 0.500. The quantitative estimate of drug-likeness (QED) is 0.864. The molecule has 0 radical (unpaired) electrons. The Bertz CT molecular complexity index is 717. The molecular formula is C14H18F3N5O. The molecule has 2 heterocycles. The number of aryl methyl sites for hydroxylation is 3. The average Bonchev–Trinajstić information content (AvgIpc) is 3.01. The molecule has 0 aromatic carbocycles. The van der Waals surface area contributed by atoms with Gasteiger partial charge in [-0.3, -0.25) is 14.2 Å². The average molecular weight is 329 g/mol. The Morgan fingerprint density at radius 3 is 2.48 bits per heavy atom. The lowest BCUT2D eigenvalue weighted by Gasteiger charge is -2.16. The minimum atomic E-state index is -4.58. The molecule has 0 saturated carbocycles. The van der Waals surface area contributed by atoms with Crippen LogP contribution in [0.5, 0.6) is 0 Å². The third-order valence-corrected chi connectivity index (χ3v) is 3.52. The van der Waals surface area contributed by atoms with Crippen molar-refractivity contribution in [1.82, 2.24) is 24.5 Å². The van der Waals surface area contributed by atoms with Crippen molar-refractivity contribution in [2.45, 2.75) is 33.1 Å². The van der Waals surface area contributed by atoms with E-state index >= 15 is 0 Å². The minimum Gasteiger partial charge on any atom is -0.336 e. The van der Waals surface area contributed by atoms with Crippen molar-refractivity contribution >= 4 is 5.91 Å². The van der Waals surface area contributed by atoms with Gasteiger partial charge in [0.2, 0.25) is 0 Å². The summed E-state index contributed by atoms with van der Waals surface area (Å²) in [6, 6.07) is 0.765. The van der Waals surface area contributed by atoms with Crippen LogP contribution in [0, 0.1) is 6.92 Å². The lowest BCUT2D eigenvalue weighted by atomic mass is 10.2. The lowest BCUT2D eigenvalue weighted by Crippen LogP contribution is -2.28. The fourth-order valence-electron chi connectivity index (χ4n) is 2.21. The molecule has 0 unspecified atom stereocenters. The van der Waals surface area contributed by atoms with Crippen molar-refractivity contribution in [2.75, 3.05) is 7.05 Å². The highest BCUT2D eigenvalue weighted by Gasteiger charge is 2.35. The second kappa shape index (κ2) is 6.05. The number of rotatable bonds is 4. The minimum absolute atomic E-state index is 0.111.